The van der Waals surface area contributed by atoms with Crippen LogP contribution in [0.1, 0.15) is 46.1 Å². The van der Waals surface area contributed by atoms with E-state index in [4.69, 9.17) is 0 Å². The first-order valence-corrected chi connectivity index (χ1v) is 8.42. The van der Waals surface area contributed by atoms with Crippen LogP contribution in [0, 0.1) is 0 Å². The second kappa shape index (κ2) is 7.71. The SMILES string of the molecule is CC(C)c1ccccc1NC(=NC(C)(C)C)C(F)(F)C(F)(F)C(F)(F)C(F)(F)F. The molecule has 1 aromatic carbocycles. The highest BCUT2D eigenvalue weighted by atomic mass is 19.4. The lowest BCUT2D eigenvalue weighted by molar-refractivity contribution is -0.384. The van der Waals surface area contributed by atoms with Gasteiger partial charge in [0.15, 0.2) is 5.84 Å². The zero-order valence-corrected chi connectivity index (χ0v) is 16.2. The van der Waals surface area contributed by atoms with Gasteiger partial charge in [0, 0.05) is 5.69 Å². The summed E-state index contributed by atoms with van der Waals surface area (Å²) >= 11 is 0. The van der Waals surface area contributed by atoms with Crippen molar-refractivity contribution in [3.05, 3.63) is 29.8 Å². The van der Waals surface area contributed by atoms with Gasteiger partial charge in [-0.1, -0.05) is 32.0 Å². The molecule has 0 saturated carbocycles. The van der Waals surface area contributed by atoms with E-state index in [0.717, 1.165) is 0 Å². The van der Waals surface area contributed by atoms with Crippen molar-refractivity contribution in [3.63, 3.8) is 0 Å². The molecule has 11 heteroatoms. The number of halogens is 9. The third kappa shape index (κ3) is 4.98. The summed E-state index contributed by atoms with van der Waals surface area (Å²) in [6, 6.07) is 5.53. The summed E-state index contributed by atoms with van der Waals surface area (Å²) in [5, 5.41) is 1.87. The van der Waals surface area contributed by atoms with Crippen molar-refractivity contribution >= 4 is 11.5 Å². The van der Waals surface area contributed by atoms with Crippen molar-refractivity contribution in [2.24, 2.45) is 4.99 Å². The van der Waals surface area contributed by atoms with Gasteiger partial charge < -0.3 is 5.32 Å². The molecule has 0 radical (unpaired) electrons. The Morgan fingerprint density at radius 1 is 0.828 bits per heavy atom. The standard InChI is InChI=1S/C18H21F9N2/c1-10(2)11-8-6-7-9-12(11)28-13(29-14(3,4)5)15(19,20)16(21,22)17(23,24)18(25,26)27/h6-10H,1-5H3,(H,28,29). The summed E-state index contributed by atoms with van der Waals surface area (Å²) in [5.41, 5.74) is -1.32. The summed E-state index contributed by atoms with van der Waals surface area (Å²) in [4.78, 5) is 3.31. The number of nitrogens with zero attached hydrogens (tertiary/aromatic N) is 1. The van der Waals surface area contributed by atoms with Crippen LogP contribution >= 0.6 is 0 Å². The van der Waals surface area contributed by atoms with Crippen molar-refractivity contribution in [3.8, 4) is 0 Å². The lowest BCUT2D eigenvalue weighted by Gasteiger charge is -2.35. The van der Waals surface area contributed by atoms with Crippen LogP contribution in [-0.4, -0.2) is 35.3 Å². The van der Waals surface area contributed by atoms with E-state index in [9.17, 15) is 39.5 Å². The number of hydrogen-bond donors (Lipinski definition) is 1. The van der Waals surface area contributed by atoms with E-state index in [1.807, 2.05) is 5.32 Å². The number of benzene rings is 1. The second-order valence-corrected chi connectivity index (χ2v) is 7.72. The van der Waals surface area contributed by atoms with E-state index >= 15 is 0 Å². The summed E-state index contributed by atoms with van der Waals surface area (Å²) in [6.45, 7) is 6.87. The minimum absolute atomic E-state index is 0.170. The van der Waals surface area contributed by atoms with Gasteiger partial charge in [0.1, 0.15) is 0 Å². The van der Waals surface area contributed by atoms with Gasteiger partial charge >= 0.3 is 23.9 Å². The first-order valence-electron chi connectivity index (χ1n) is 8.42. The summed E-state index contributed by atoms with van der Waals surface area (Å²) < 4.78 is 121. The third-order valence-electron chi connectivity index (χ3n) is 3.73. The van der Waals surface area contributed by atoms with E-state index in [1.165, 1.54) is 45.0 Å². The molecule has 166 valence electrons. The summed E-state index contributed by atoms with van der Waals surface area (Å²) in [5.74, 6) is -22.1. The quantitative estimate of drug-likeness (QED) is 0.304. The number of hydrogen-bond acceptors (Lipinski definition) is 1. The van der Waals surface area contributed by atoms with E-state index < -0.39 is 35.3 Å². The molecular formula is C18H21F9N2. The Kier molecular flexibility index (Phi) is 6.68. The van der Waals surface area contributed by atoms with Crippen LogP contribution in [0.4, 0.5) is 45.2 Å². The number of nitrogens with one attached hydrogen (secondary N) is 1. The van der Waals surface area contributed by atoms with Crippen LogP contribution < -0.4 is 5.32 Å². The molecule has 0 saturated heterocycles. The van der Waals surface area contributed by atoms with E-state index in [1.54, 1.807) is 13.8 Å². The van der Waals surface area contributed by atoms with Crippen LogP contribution in [-0.2, 0) is 0 Å². The van der Waals surface area contributed by atoms with Gasteiger partial charge in [0.05, 0.1) is 5.54 Å². The molecule has 0 amide bonds. The molecule has 0 heterocycles. The average Bonchev–Trinajstić information content (AvgIpc) is 2.51. The molecule has 0 fully saturated rings. The highest BCUT2D eigenvalue weighted by Crippen LogP contribution is 2.53. The van der Waals surface area contributed by atoms with Gasteiger partial charge in [-0.05, 0) is 38.3 Å². The van der Waals surface area contributed by atoms with Gasteiger partial charge in [-0.3, -0.25) is 4.99 Å². The molecular weight excluding hydrogens is 415 g/mol. The highest BCUT2D eigenvalue weighted by molar-refractivity contribution is 6.02. The summed E-state index contributed by atoms with van der Waals surface area (Å²) in [7, 11) is 0. The Balaban J connectivity index is 3.63. The van der Waals surface area contributed by atoms with Crippen molar-refractivity contribution in [1.29, 1.82) is 0 Å². The fraction of sp³-hybridized carbons (Fsp3) is 0.611. The molecule has 1 aromatic rings. The lowest BCUT2D eigenvalue weighted by Crippen LogP contribution is -2.64. The maximum atomic E-state index is 14.5. The van der Waals surface area contributed by atoms with Crippen LogP contribution in [0.3, 0.4) is 0 Å². The Morgan fingerprint density at radius 2 is 1.31 bits per heavy atom. The molecule has 0 atom stereocenters. The Labute approximate surface area is 162 Å². The Hall–Kier alpha value is -1.94. The van der Waals surface area contributed by atoms with Crippen molar-refractivity contribution in [1.82, 2.24) is 0 Å². The molecule has 29 heavy (non-hydrogen) atoms. The Bertz CT molecular complexity index is 744. The van der Waals surface area contributed by atoms with Crippen LogP contribution in [0.25, 0.3) is 0 Å². The molecule has 0 aromatic heterocycles. The fourth-order valence-electron chi connectivity index (χ4n) is 2.28. The monoisotopic (exact) mass is 436 g/mol. The first-order chi connectivity index (χ1) is 12.8. The van der Waals surface area contributed by atoms with Gasteiger partial charge in [0.25, 0.3) is 0 Å². The predicted octanol–water partition coefficient (Wildman–Crippen LogP) is 6.89. The molecule has 0 aliphatic heterocycles. The van der Waals surface area contributed by atoms with Crippen molar-refractivity contribution in [2.45, 2.75) is 70.0 Å². The molecule has 1 N–H and O–H groups in total. The van der Waals surface area contributed by atoms with Crippen molar-refractivity contribution < 1.29 is 39.5 Å². The topological polar surface area (TPSA) is 24.4 Å². The highest BCUT2D eigenvalue weighted by Gasteiger charge is 2.83. The number of aliphatic imine (C=N–C) groups is 1. The lowest BCUT2D eigenvalue weighted by atomic mass is 9.99. The fourth-order valence-corrected chi connectivity index (χ4v) is 2.28. The number of alkyl halides is 9. The van der Waals surface area contributed by atoms with E-state index in [-0.39, 0.29) is 11.6 Å². The van der Waals surface area contributed by atoms with Gasteiger partial charge in [-0.25, -0.2) is 0 Å². The number of amidine groups is 1. The smallest absolute Gasteiger partial charge is 0.339 e. The molecule has 1 rings (SSSR count). The molecule has 0 aliphatic carbocycles. The second-order valence-electron chi connectivity index (χ2n) is 7.72. The molecule has 0 spiro atoms. The number of para-hydroxylation sites is 1. The maximum absolute atomic E-state index is 14.5. The normalized spacial score (nSPS) is 15.1. The van der Waals surface area contributed by atoms with Gasteiger partial charge in [-0.2, -0.15) is 39.5 Å². The van der Waals surface area contributed by atoms with Crippen molar-refractivity contribution in [2.75, 3.05) is 5.32 Å². The predicted molar refractivity (Wildman–Crippen MR) is 92.2 cm³/mol. The number of rotatable bonds is 5. The van der Waals surface area contributed by atoms with E-state index in [0.29, 0.717) is 5.56 Å². The maximum Gasteiger partial charge on any atom is 0.460 e. The number of anilines is 1. The molecule has 0 bridgehead atoms. The minimum Gasteiger partial charge on any atom is -0.339 e. The average molecular weight is 436 g/mol. The van der Waals surface area contributed by atoms with Gasteiger partial charge in [-0.15, -0.1) is 0 Å². The van der Waals surface area contributed by atoms with Crippen LogP contribution in [0.2, 0.25) is 0 Å². The minimum atomic E-state index is -7.00. The van der Waals surface area contributed by atoms with E-state index in [2.05, 4.69) is 4.99 Å². The van der Waals surface area contributed by atoms with Gasteiger partial charge in [0.2, 0.25) is 0 Å². The largest absolute Gasteiger partial charge is 0.460 e. The third-order valence-corrected chi connectivity index (χ3v) is 3.73. The molecule has 0 unspecified atom stereocenters. The summed E-state index contributed by atoms with van der Waals surface area (Å²) in [6.07, 6.45) is -6.90. The zero-order chi connectivity index (χ0) is 23.1. The molecule has 0 aliphatic rings. The van der Waals surface area contributed by atoms with Crippen LogP contribution in [0.15, 0.2) is 29.3 Å². The van der Waals surface area contributed by atoms with Crippen LogP contribution in [0.5, 0.6) is 0 Å². The Morgan fingerprint density at radius 3 is 1.72 bits per heavy atom. The molecule has 2 nitrogen and oxygen atoms in total. The zero-order valence-electron chi connectivity index (χ0n) is 16.2. The first kappa shape index (κ1) is 25.1.